The van der Waals surface area contributed by atoms with Gasteiger partial charge in [-0.3, -0.25) is 4.79 Å². The van der Waals surface area contributed by atoms with E-state index >= 15 is 0 Å². The number of nitrogens with zero attached hydrogens (tertiary/aromatic N) is 1. The number of nitrogens with one attached hydrogen (secondary N) is 1. The van der Waals surface area contributed by atoms with Crippen LogP contribution in [0.2, 0.25) is 0 Å². The highest BCUT2D eigenvalue weighted by molar-refractivity contribution is 6.43. The van der Waals surface area contributed by atoms with Crippen LogP contribution in [0.1, 0.15) is 18.1 Å². The van der Waals surface area contributed by atoms with Crippen LogP contribution in [-0.4, -0.2) is 11.6 Å². The van der Waals surface area contributed by atoms with E-state index in [1.165, 1.54) is 24.3 Å². The molecule has 1 aliphatic rings. The van der Waals surface area contributed by atoms with E-state index in [-0.39, 0.29) is 17.8 Å². The molecule has 1 N–H and O–H groups in total. The number of carbonyl (C=O) groups excluding carboxylic acids is 1. The Morgan fingerprint density at radius 3 is 2.57 bits per heavy atom. The Bertz CT molecular complexity index is 668. The maximum Gasteiger partial charge on any atom is 0.273 e. The van der Waals surface area contributed by atoms with Crippen molar-refractivity contribution in [2.75, 3.05) is 5.32 Å². The Balaban J connectivity index is 1.63. The molecule has 5 heteroatoms. The summed E-state index contributed by atoms with van der Waals surface area (Å²) in [6, 6.07) is 15.2. The molecular formula is C16H13FN2O2. The van der Waals surface area contributed by atoms with Gasteiger partial charge in [-0.05, 0) is 29.8 Å². The Morgan fingerprint density at radius 2 is 1.86 bits per heavy atom. The minimum Gasteiger partial charge on any atom is -0.387 e. The van der Waals surface area contributed by atoms with Crippen molar-refractivity contribution < 1.29 is 14.0 Å². The number of halogens is 1. The normalized spacial score (nSPS) is 17.0. The van der Waals surface area contributed by atoms with Crippen molar-refractivity contribution in [3.63, 3.8) is 0 Å². The second-order valence-electron chi connectivity index (χ2n) is 4.71. The monoisotopic (exact) mass is 284 g/mol. The molecule has 0 radical (unpaired) electrons. The highest BCUT2D eigenvalue weighted by Gasteiger charge is 2.27. The van der Waals surface area contributed by atoms with Gasteiger partial charge < -0.3 is 10.2 Å². The fourth-order valence-corrected chi connectivity index (χ4v) is 2.09. The molecule has 3 rings (SSSR count). The molecule has 1 amide bonds. The molecule has 21 heavy (non-hydrogen) atoms. The first kappa shape index (κ1) is 13.3. The molecule has 0 aliphatic carbocycles. The fourth-order valence-electron chi connectivity index (χ4n) is 2.09. The number of anilines is 1. The molecule has 2 aromatic rings. The minimum atomic E-state index is -0.348. The summed E-state index contributed by atoms with van der Waals surface area (Å²) in [7, 11) is 0. The third-order valence-electron chi connectivity index (χ3n) is 3.20. The standard InChI is InChI=1S/C16H13FN2O2/c17-12-6-8-13(9-7-12)18-16(20)14-10-15(21-19-14)11-4-2-1-3-5-11/h1-9,15H,10H2,(H,18,20). The summed E-state index contributed by atoms with van der Waals surface area (Å²) < 4.78 is 12.8. The number of hydrogen-bond donors (Lipinski definition) is 1. The van der Waals surface area contributed by atoms with E-state index in [0.29, 0.717) is 17.8 Å². The van der Waals surface area contributed by atoms with Crippen molar-refractivity contribution in [2.24, 2.45) is 5.16 Å². The first-order chi connectivity index (χ1) is 10.2. The SMILES string of the molecule is O=C(Nc1ccc(F)cc1)C1=NOC(c2ccccc2)C1. The number of benzene rings is 2. The minimum absolute atomic E-state index is 0.236. The van der Waals surface area contributed by atoms with Gasteiger partial charge in [0.1, 0.15) is 11.5 Å². The molecule has 1 unspecified atom stereocenters. The van der Waals surface area contributed by atoms with Crippen molar-refractivity contribution in [3.8, 4) is 0 Å². The number of rotatable bonds is 3. The highest BCUT2D eigenvalue weighted by Crippen LogP contribution is 2.27. The molecule has 106 valence electrons. The first-order valence-electron chi connectivity index (χ1n) is 6.57. The van der Waals surface area contributed by atoms with Gasteiger partial charge in [-0.15, -0.1) is 0 Å². The van der Waals surface area contributed by atoms with Gasteiger partial charge in [0.15, 0.2) is 6.10 Å². The lowest BCUT2D eigenvalue weighted by molar-refractivity contribution is -0.110. The largest absolute Gasteiger partial charge is 0.387 e. The van der Waals surface area contributed by atoms with Crippen LogP contribution in [0.4, 0.5) is 10.1 Å². The van der Waals surface area contributed by atoms with Gasteiger partial charge in [0.25, 0.3) is 5.91 Å². The van der Waals surface area contributed by atoms with Gasteiger partial charge in [0.05, 0.1) is 0 Å². The summed E-state index contributed by atoms with van der Waals surface area (Å²) in [5, 5.41) is 6.50. The molecule has 0 fully saturated rings. The van der Waals surface area contributed by atoms with Crippen LogP contribution in [0, 0.1) is 5.82 Å². The zero-order valence-electron chi connectivity index (χ0n) is 11.1. The number of oxime groups is 1. The van der Waals surface area contributed by atoms with Crippen LogP contribution in [0.15, 0.2) is 59.8 Å². The predicted octanol–water partition coefficient (Wildman–Crippen LogP) is 3.28. The lowest BCUT2D eigenvalue weighted by atomic mass is 10.0. The molecule has 0 saturated heterocycles. The van der Waals surface area contributed by atoms with E-state index < -0.39 is 0 Å². The molecule has 0 saturated carbocycles. The topological polar surface area (TPSA) is 50.7 Å². The van der Waals surface area contributed by atoms with Crippen molar-refractivity contribution in [1.82, 2.24) is 0 Å². The van der Waals surface area contributed by atoms with Crippen molar-refractivity contribution in [2.45, 2.75) is 12.5 Å². The number of hydrogen-bond acceptors (Lipinski definition) is 3. The lowest BCUT2D eigenvalue weighted by Gasteiger charge is -2.07. The van der Waals surface area contributed by atoms with Crippen LogP contribution in [0.25, 0.3) is 0 Å². The smallest absolute Gasteiger partial charge is 0.273 e. The second kappa shape index (κ2) is 5.75. The number of amides is 1. The van der Waals surface area contributed by atoms with Gasteiger partial charge in [0, 0.05) is 12.1 Å². The Hall–Kier alpha value is -2.69. The average Bonchev–Trinajstić information content (AvgIpc) is 3.00. The van der Waals surface area contributed by atoms with Crippen LogP contribution in [-0.2, 0) is 9.63 Å². The van der Waals surface area contributed by atoms with Gasteiger partial charge >= 0.3 is 0 Å². The van der Waals surface area contributed by atoms with Crippen LogP contribution in [0.3, 0.4) is 0 Å². The van der Waals surface area contributed by atoms with Crippen LogP contribution >= 0.6 is 0 Å². The van der Waals surface area contributed by atoms with E-state index in [2.05, 4.69) is 10.5 Å². The molecular weight excluding hydrogens is 271 g/mol. The molecule has 0 aromatic heterocycles. The van der Waals surface area contributed by atoms with E-state index in [4.69, 9.17) is 4.84 Å². The quantitative estimate of drug-likeness (QED) is 0.940. The second-order valence-corrected chi connectivity index (χ2v) is 4.71. The predicted molar refractivity (Wildman–Crippen MR) is 77.3 cm³/mol. The fraction of sp³-hybridized carbons (Fsp3) is 0.125. The maximum absolute atomic E-state index is 12.8. The van der Waals surface area contributed by atoms with E-state index in [9.17, 15) is 9.18 Å². The Kier molecular flexibility index (Phi) is 3.64. The van der Waals surface area contributed by atoms with Crippen molar-refractivity contribution in [3.05, 3.63) is 66.0 Å². The van der Waals surface area contributed by atoms with E-state index in [1.54, 1.807) is 0 Å². The van der Waals surface area contributed by atoms with Gasteiger partial charge in [-0.1, -0.05) is 35.5 Å². The van der Waals surface area contributed by atoms with Gasteiger partial charge in [0.2, 0.25) is 0 Å². The number of carbonyl (C=O) groups is 1. The summed E-state index contributed by atoms with van der Waals surface area (Å²) in [5.41, 5.74) is 1.83. The van der Waals surface area contributed by atoms with Gasteiger partial charge in [-0.2, -0.15) is 0 Å². The zero-order chi connectivity index (χ0) is 14.7. The first-order valence-corrected chi connectivity index (χ1v) is 6.57. The summed E-state index contributed by atoms with van der Waals surface area (Å²) in [6.07, 6.45) is 0.178. The van der Waals surface area contributed by atoms with Crippen LogP contribution < -0.4 is 5.32 Å². The van der Waals surface area contributed by atoms with E-state index in [0.717, 1.165) is 5.56 Å². The molecule has 1 atom stereocenters. The molecule has 2 aromatic carbocycles. The van der Waals surface area contributed by atoms with Crippen molar-refractivity contribution >= 4 is 17.3 Å². The third kappa shape index (κ3) is 3.08. The van der Waals surface area contributed by atoms with Crippen molar-refractivity contribution in [1.29, 1.82) is 0 Å². The average molecular weight is 284 g/mol. The maximum atomic E-state index is 12.8. The molecule has 0 bridgehead atoms. The summed E-state index contributed by atoms with van der Waals surface area (Å²) in [6.45, 7) is 0. The lowest BCUT2D eigenvalue weighted by Crippen LogP contribution is -2.21. The van der Waals surface area contributed by atoms with Gasteiger partial charge in [-0.25, -0.2) is 4.39 Å². The molecule has 4 nitrogen and oxygen atoms in total. The Morgan fingerprint density at radius 1 is 1.14 bits per heavy atom. The van der Waals surface area contributed by atoms with E-state index in [1.807, 2.05) is 30.3 Å². The summed E-state index contributed by atoms with van der Waals surface area (Å²) in [5.74, 6) is -0.682. The zero-order valence-corrected chi connectivity index (χ0v) is 11.1. The molecule has 1 aliphatic heterocycles. The van der Waals surface area contributed by atoms with Crippen LogP contribution in [0.5, 0.6) is 0 Å². The third-order valence-corrected chi connectivity index (χ3v) is 3.20. The summed E-state index contributed by atoms with van der Waals surface area (Å²) >= 11 is 0. The summed E-state index contributed by atoms with van der Waals surface area (Å²) in [4.78, 5) is 17.4. The molecule has 1 heterocycles. The highest BCUT2D eigenvalue weighted by atomic mass is 19.1. The Labute approximate surface area is 121 Å². The molecule has 0 spiro atoms.